The third-order valence-electron chi connectivity index (χ3n) is 3.86. The van der Waals surface area contributed by atoms with Crippen LogP contribution in [0.3, 0.4) is 0 Å². The number of nitrogens with one attached hydrogen (secondary N) is 2. The number of carbonyl (C=O) groups is 2. The van der Waals surface area contributed by atoms with E-state index in [-0.39, 0.29) is 29.5 Å². The van der Waals surface area contributed by atoms with Crippen LogP contribution in [0.1, 0.15) is 24.8 Å². The van der Waals surface area contributed by atoms with E-state index < -0.39 is 11.6 Å². The number of hydrogen-bond acceptors (Lipinski definition) is 3. The molecule has 0 unspecified atom stereocenters. The quantitative estimate of drug-likeness (QED) is 0.904. The first-order valence-electron chi connectivity index (χ1n) is 7.44. The van der Waals surface area contributed by atoms with Gasteiger partial charge in [0.25, 0.3) is 0 Å². The van der Waals surface area contributed by atoms with Gasteiger partial charge < -0.3 is 10.6 Å². The lowest BCUT2D eigenvalue weighted by molar-refractivity contribution is -0.117. The van der Waals surface area contributed by atoms with Gasteiger partial charge in [0.2, 0.25) is 11.8 Å². The van der Waals surface area contributed by atoms with E-state index in [1.807, 2.05) is 0 Å². The van der Waals surface area contributed by atoms with Gasteiger partial charge in [-0.05, 0) is 42.2 Å². The summed E-state index contributed by atoms with van der Waals surface area (Å²) < 4.78 is 26.3. The van der Waals surface area contributed by atoms with E-state index in [1.54, 1.807) is 12.1 Å². The van der Waals surface area contributed by atoms with E-state index >= 15 is 0 Å². The molecule has 1 aliphatic carbocycles. The van der Waals surface area contributed by atoms with Gasteiger partial charge >= 0.3 is 0 Å². The van der Waals surface area contributed by atoms with Gasteiger partial charge in [-0.2, -0.15) is 0 Å². The molecule has 1 aromatic heterocycles. The van der Waals surface area contributed by atoms with Gasteiger partial charge in [0, 0.05) is 19.0 Å². The van der Waals surface area contributed by atoms with Crippen molar-refractivity contribution in [3.05, 3.63) is 53.7 Å². The van der Waals surface area contributed by atoms with Crippen molar-refractivity contribution >= 4 is 23.3 Å². The smallest absolute Gasteiger partial charge is 0.229 e. The molecule has 2 N–H and O–H groups in total. The molecule has 124 valence electrons. The van der Waals surface area contributed by atoms with E-state index in [9.17, 15) is 18.4 Å². The van der Waals surface area contributed by atoms with E-state index in [0.29, 0.717) is 17.7 Å². The van der Waals surface area contributed by atoms with Crippen molar-refractivity contribution < 1.29 is 18.4 Å². The van der Waals surface area contributed by atoms with Gasteiger partial charge in [-0.25, -0.2) is 13.8 Å². The first kappa shape index (κ1) is 16.0. The second-order valence-electron chi connectivity index (χ2n) is 5.69. The maximum absolute atomic E-state index is 13.3. The van der Waals surface area contributed by atoms with Gasteiger partial charge in [0.1, 0.15) is 0 Å². The second-order valence-corrected chi connectivity index (χ2v) is 5.69. The fourth-order valence-corrected chi connectivity index (χ4v) is 2.60. The summed E-state index contributed by atoms with van der Waals surface area (Å²) in [6.45, 7) is 1.36. The molecule has 24 heavy (non-hydrogen) atoms. The molecule has 1 aromatic carbocycles. The van der Waals surface area contributed by atoms with Crippen LogP contribution in [0.2, 0.25) is 0 Å². The van der Waals surface area contributed by atoms with E-state index in [0.717, 1.165) is 12.1 Å². The molecule has 0 bridgehead atoms. The van der Waals surface area contributed by atoms with Crippen molar-refractivity contribution in [2.75, 3.05) is 10.6 Å². The summed E-state index contributed by atoms with van der Waals surface area (Å²) in [5.74, 6) is -2.59. The molecule has 1 aliphatic rings. The van der Waals surface area contributed by atoms with Gasteiger partial charge in [-0.3, -0.25) is 9.59 Å². The highest BCUT2D eigenvalue weighted by atomic mass is 19.2. The third-order valence-corrected chi connectivity index (χ3v) is 3.86. The minimum absolute atomic E-state index is 0.145. The molecule has 7 heteroatoms. The Kier molecular flexibility index (Phi) is 4.24. The molecule has 1 saturated carbocycles. The first-order chi connectivity index (χ1) is 11.5. The number of carbonyl (C=O) groups excluding carboxylic acids is 2. The van der Waals surface area contributed by atoms with Gasteiger partial charge in [0.15, 0.2) is 17.5 Å². The predicted octanol–water partition coefficient (Wildman–Crippen LogP) is 3.06. The standard InChI is InChI=1S/C17H15F2N3O2/c1-9(23)21-15-3-2-6-20-16(15)22-17(24)12-8-11(12)10-4-5-13(18)14(19)7-10/h2-7,11-12H,8H2,1H3,(H,21,23)(H,20,22,24)/t11-,12-/m0/s1. The predicted molar refractivity (Wildman–Crippen MR) is 84.4 cm³/mol. The number of pyridine rings is 1. The van der Waals surface area contributed by atoms with Gasteiger partial charge in [0.05, 0.1) is 5.69 Å². The number of aromatic nitrogens is 1. The Morgan fingerprint density at radius 1 is 1.17 bits per heavy atom. The topological polar surface area (TPSA) is 71.1 Å². The molecular formula is C17H15F2N3O2. The van der Waals surface area contributed by atoms with E-state index in [2.05, 4.69) is 15.6 Å². The highest BCUT2D eigenvalue weighted by Gasteiger charge is 2.44. The number of hydrogen-bond donors (Lipinski definition) is 2. The molecular weight excluding hydrogens is 316 g/mol. The molecule has 2 atom stereocenters. The summed E-state index contributed by atoms with van der Waals surface area (Å²) in [6, 6.07) is 6.94. The lowest BCUT2D eigenvalue weighted by atomic mass is 10.1. The fourth-order valence-electron chi connectivity index (χ4n) is 2.60. The SMILES string of the molecule is CC(=O)Nc1cccnc1NC(=O)[C@H]1C[C@H]1c1ccc(F)c(F)c1. The number of rotatable bonds is 4. The fraction of sp³-hybridized carbons (Fsp3) is 0.235. The summed E-state index contributed by atoms with van der Waals surface area (Å²) in [5, 5.41) is 5.26. The summed E-state index contributed by atoms with van der Waals surface area (Å²) in [6.07, 6.45) is 2.06. The van der Waals surface area contributed by atoms with Gasteiger partial charge in [-0.1, -0.05) is 6.07 Å². The van der Waals surface area contributed by atoms with Crippen molar-refractivity contribution in [3.8, 4) is 0 Å². The molecule has 0 aliphatic heterocycles. The minimum Gasteiger partial charge on any atom is -0.323 e. The number of halogens is 2. The minimum atomic E-state index is -0.920. The Morgan fingerprint density at radius 3 is 2.67 bits per heavy atom. The summed E-state index contributed by atoms with van der Waals surface area (Å²) in [5.41, 5.74) is 1.00. The van der Waals surface area contributed by atoms with Crippen molar-refractivity contribution in [1.29, 1.82) is 0 Å². The molecule has 1 fully saturated rings. The van der Waals surface area contributed by atoms with Crippen LogP contribution < -0.4 is 10.6 Å². The lowest BCUT2D eigenvalue weighted by Crippen LogP contribution is -2.18. The van der Waals surface area contributed by atoms with Crippen LogP contribution in [-0.4, -0.2) is 16.8 Å². The zero-order valence-corrected chi connectivity index (χ0v) is 12.8. The summed E-state index contributed by atoms with van der Waals surface area (Å²) >= 11 is 0. The zero-order valence-electron chi connectivity index (χ0n) is 12.8. The summed E-state index contributed by atoms with van der Waals surface area (Å²) in [4.78, 5) is 27.5. The molecule has 1 heterocycles. The molecule has 3 rings (SSSR count). The molecule has 2 amide bonds. The second kappa shape index (κ2) is 6.35. The monoisotopic (exact) mass is 331 g/mol. The molecule has 5 nitrogen and oxygen atoms in total. The van der Waals surface area contributed by atoms with E-state index in [1.165, 1.54) is 19.2 Å². The highest BCUT2D eigenvalue weighted by Crippen LogP contribution is 2.48. The molecule has 0 saturated heterocycles. The zero-order chi connectivity index (χ0) is 17.3. The Bertz CT molecular complexity index is 810. The van der Waals surface area contributed by atoms with Crippen molar-refractivity contribution in [1.82, 2.24) is 4.98 Å². The van der Waals surface area contributed by atoms with Crippen molar-refractivity contribution in [3.63, 3.8) is 0 Å². The Morgan fingerprint density at radius 2 is 1.96 bits per heavy atom. The molecule has 0 spiro atoms. The van der Waals surface area contributed by atoms with Crippen LogP contribution in [0.25, 0.3) is 0 Å². The van der Waals surface area contributed by atoms with Crippen LogP contribution in [0, 0.1) is 17.6 Å². The third kappa shape index (κ3) is 3.40. The van der Waals surface area contributed by atoms with Crippen LogP contribution in [0.4, 0.5) is 20.3 Å². The number of nitrogens with zero attached hydrogens (tertiary/aromatic N) is 1. The Balaban J connectivity index is 1.69. The van der Waals surface area contributed by atoms with Gasteiger partial charge in [-0.15, -0.1) is 0 Å². The Labute approximate surface area is 137 Å². The number of benzene rings is 1. The maximum Gasteiger partial charge on any atom is 0.229 e. The largest absolute Gasteiger partial charge is 0.323 e. The van der Waals surface area contributed by atoms with Crippen LogP contribution in [0.5, 0.6) is 0 Å². The number of amides is 2. The maximum atomic E-state index is 13.3. The van der Waals surface area contributed by atoms with Crippen LogP contribution in [-0.2, 0) is 9.59 Å². The number of anilines is 2. The average molecular weight is 331 g/mol. The first-order valence-corrected chi connectivity index (χ1v) is 7.44. The lowest BCUT2D eigenvalue weighted by Gasteiger charge is -2.10. The van der Waals surface area contributed by atoms with Crippen LogP contribution >= 0.6 is 0 Å². The van der Waals surface area contributed by atoms with E-state index in [4.69, 9.17) is 0 Å². The Hall–Kier alpha value is -2.83. The van der Waals surface area contributed by atoms with Crippen LogP contribution in [0.15, 0.2) is 36.5 Å². The van der Waals surface area contributed by atoms with Crippen molar-refractivity contribution in [2.24, 2.45) is 5.92 Å². The summed E-state index contributed by atoms with van der Waals surface area (Å²) in [7, 11) is 0. The normalized spacial score (nSPS) is 18.8. The average Bonchev–Trinajstić information content (AvgIpc) is 3.32. The van der Waals surface area contributed by atoms with Crippen molar-refractivity contribution in [2.45, 2.75) is 19.3 Å². The molecule has 2 aromatic rings. The molecule has 0 radical (unpaired) electrons. The highest BCUT2D eigenvalue weighted by molar-refractivity contribution is 5.99.